The Hall–Kier alpha value is -2.20. The zero-order chi connectivity index (χ0) is 16.4. The molecule has 0 bridgehead atoms. The molecule has 0 amide bonds. The summed E-state index contributed by atoms with van der Waals surface area (Å²) >= 11 is 0. The molecule has 0 aromatic carbocycles. The van der Waals surface area contributed by atoms with E-state index in [0.29, 0.717) is 0 Å². The van der Waals surface area contributed by atoms with Crippen LogP contribution in [0.3, 0.4) is 0 Å². The van der Waals surface area contributed by atoms with E-state index in [1.54, 1.807) is 0 Å². The zero-order valence-electron chi connectivity index (χ0n) is 11.3. The van der Waals surface area contributed by atoms with E-state index in [0.717, 1.165) is 4.90 Å². The summed E-state index contributed by atoms with van der Waals surface area (Å²) < 4.78 is 0. The summed E-state index contributed by atoms with van der Waals surface area (Å²) in [5, 5.41) is 34.6. The highest BCUT2D eigenvalue weighted by atomic mass is 16.4. The SMILES string of the molecule is O=C(O)CCN(CCN(CC(=O)O)CC(=O)O)CC(=O)O. The second-order valence-corrected chi connectivity index (χ2v) is 4.31. The first-order valence-corrected chi connectivity index (χ1v) is 6.02. The molecular formula is C11H18N2O8. The predicted octanol–water partition coefficient (Wildman–Crippen LogP) is -1.68. The van der Waals surface area contributed by atoms with E-state index >= 15 is 0 Å². The molecule has 0 heterocycles. The maximum atomic E-state index is 10.7. The van der Waals surface area contributed by atoms with Gasteiger partial charge in [0.1, 0.15) is 0 Å². The topological polar surface area (TPSA) is 156 Å². The molecule has 0 spiro atoms. The van der Waals surface area contributed by atoms with Gasteiger partial charge in [-0.3, -0.25) is 29.0 Å². The fourth-order valence-electron chi connectivity index (χ4n) is 1.59. The number of carboxylic acids is 4. The van der Waals surface area contributed by atoms with Gasteiger partial charge in [0, 0.05) is 19.6 Å². The van der Waals surface area contributed by atoms with Gasteiger partial charge in [0.05, 0.1) is 26.1 Å². The van der Waals surface area contributed by atoms with Gasteiger partial charge in [0.25, 0.3) is 0 Å². The van der Waals surface area contributed by atoms with Crippen molar-refractivity contribution >= 4 is 23.9 Å². The average molecular weight is 306 g/mol. The minimum atomic E-state index is -1.20. The summed E-state index contributed by atoms with van der Waals surface area (Å²) in [5.74, 6) is -4.64. The van der Waals surface area contributed by atoms with Crippen LogP contribution < -0.4 is 0 Å². The van der Waals surface area contributed by atoms with Gasteiger partial charge in [-0.2, -0.15) is 0 Å². The Kier molecular flexibility index (Phi) is 8.65. The number of hydrogen-bond donors (Lipinski definition) is 4. The first-order valence-electron chi connectivity index (χ1n) is 6.02. The van der Waals surface area contributed by atoms with Crippen molar-refractivity contribution in [3.8, 4) is 0 Å². The molecule has 0 saturated carbocycles. The molecule has 0 aliphatic heterocycles. The molecule has 21 heavy (non-hydrogen) atoms. The average Bonchev–Trinajstić information content (AvgIpc) is 2.30. The fourth-order valence-corrected chi connectivity index (χ4v) is 1.59. The Bertz CT molecular complexity index is 382. The first-order chi connectivity index (χ1) is 9.70. The molecule has 0 radical (unpaired) electrons. The van der Waals surface area contributed by atoms with Crippen LogP contribution in [0.5, 0.6) is 0 Å². The zero-order valence-corrected chi connectivity index (χ0v) is 11.3. The van der Waals surface area contributed by atoms with Gasteiger partial charge < -0.3 is 20.4 Å². The molecule has 0 unspecified atom stereocenters. The Morgan fingerprint density at radius 2 is 0.952 bits per heavy atom. The van der Waals surface area contributed by atoms with Gasteiger partial charge in [0.2, 0.25) is 0 Å². The predicted molar refractivity (Wildman–Crippen MR) is 68.0 cm³/mol. The number of nitrogens with zero attached hydrogens (tertiary/aromatic N) is 2. The van der Waals surface area contributed by atoms with Crippen LogP contribution in [0.2, 0.25) is 0 Å². The van der Waals surface area contributed by atoms with E-state index in [2.05, 4.69) is 0 Å². The van der Waals surface area contributed by atoms with Gasteiger partial charge in [0.15, 0.2) is 0 Å². The molecular weight excluding hydrogens is 288 g/mol. The van der Waals surface area contributed by atoms with Crippen LogP contribution >= 0.6 is 0 Å². The molecule has 0 saturated heterocycles. The number of rotatable bonds is 12. The lowest BCUT2D eigenvalue weighted by Crippen LogP contribution is -2.42. The largest absolute Gasteiger partial charge is 0.481 e. The summed E-state index contributed by atoms with van der Waals surface area (Å²) in [4.78, 5) is 44.8. The normalized spacial score (nSPS) is 10.8. The lowest BCUT2D eigenvalue weighted by Gasteiger charge is -2.24. The van der Waals surface area contributed by atoms with E-state index < -0.39 is 43.5 Å². The third kappa shape index (κ3) is 11.3. The van der Waals surface area contributed by atoms with Crippen LogP contribution in [0.15, 0.2) is 0 Å². The number of hydrogen-bond acceptors (Lipinski definition) is 6. The Morgan fingerprint density at radius 1 is 0.571 bits per heavy atom. The van der Waals surface area contributed by atoms with E-state index in [1.165, 1.54) is 4.90 Å². The second-order valence-electron chi connectivity index (χ2n) is 4.31. The van der Waals surface area contributed by atoms with E-state index in [1.807, 2.05) is 0 Å². The Balaban J connectivity index is 4.49. The molecule has 120 valence electrons. The molecule has 4 N–H and O–H groups in total. The standard InChI is InChI=1S/C11H18N2O8/c14-8(15)1-2-12(5-9(16)17)3-4-13(6-10(18)19)7-11(20)21/h1-7H2,(H,14,15)(H,16,17)(H,18,19)(H,20,21). The highest BCUT2D eigenvalue weighted by molar-refractivity contribution is 5.72. The van der Waals surface area contributed by atoms with Crippen LogP contribution in [-0.4, -0.2) is 93.4 Å². The quantitative estimate of drug-likeness (QED) is 0.328. The fraction of sp³-hybridized carbons (Fsp3) is 0.636. The lowest BCUT2D eigenvalue weighted by atomic mass is 10.3. The molecule has 0 rings (SSSR count). The van der Waals surface area contributed by atoms with E-state index in [9.17, 15) is 19.2 Å². The maximum absolute atomic E-state index is 10.7. The highest BCUT2D eigenvalue weighted by Crippen LogP contribution is 1.96. The minimum absolute atomic E-state index is 0.00546. The third-order valence-electron chi connectivity index (χ3n) is 2.45. The molecule has 0 aromatic rings. The van der Waals surface area contributed by atoms with Gasteiger partial charge in [-0.25, -0.2) is 0 Å². The lowest BCUT2D eigenvalue weighted by molar-refractivity contribution is -0.143. The number of carbonyl (C=O) groups is 4. The van der Waals surface area contributed by atoms with Crippen molar-refractivity contribution < 1.29 is 39.6 Å². The van der Waals surface area contributed by atoms with Crippen LogP contribution in [0.25, 0.3) is 0 Å². The molecule has 10 heteroatoms. The van der Waals surface area contributed by atoms with Crippen LogP contribution in [0, 0.1) is 0 Å². The summed E-state index contributed by atoms with van der Waals surface area (Å²) in [7, 11) is 0. The van der Waals surface area contributed by atoms with Gasteiger partial charge in [-0.15, -0.1) is 0 Å². The van der Waals surface area contributed by atoms with Crippen molar-refractivity contribution in [3.05, 3.63) is 0 Å². The summed E-state index contributed by atoms with van der Waals surface area (Å²) in [6.07, 6.45) is -0.259. The van der Waals surface area contributed by atoms with Crippen molar-refractivity contribution in [3.63, 3.8) is 0 Å². The van der Waals surface area contributed by atoms with Crippen LogP contribution in [0.1, 0.15) is 6.42 Å². The molecule has 0 fully saturated rings. The number of aliphatic carboxylic acids is 4. The Labute approximate surface area is 120 Å². The highest BCUT2D eigenvalue weighted by Gasteiger charge is 2.17. The smallest absolute Gasteiger partial charge is 0.317 e. The van der Waals surface area contributed by atoms with Gasteiger partial charge in [-0.05, 0) is 0 Å². The molecule has 0 aliphatic carbocycles. The third-order valence-corrected chi connectivity index (χ3v) is 2.45. The summed E-state index contributed by atoms with van der Waals surface area (Å²) in [6, 6.07) is 0. The summed E-state index contributed by atoms with van der Waals surface area (Å²) in [5.41, 5.74) is 0. The first kappa shape index (κ1) is 18.8. The van der Waals surface area contributed by atoms with Crippen molar-refractivity contribution in [2.75, 3.05) is 39.3 Å². The maximum Gasteiger partial charge on any atom is 0.317 e. The molecule has 0 aromatic heterocycles. The minimum Gasteiger partial charge on any atom is -0.481 e. The molecule has 10 nitrogen and oxygen atoms in total. The van der Waals surface area contributed by atoms with Crippen molar-refractivity contribution in [1.29, 1.82) is 0 Å². The van der Waals surface area contributed by atoms with E-state index in [4.69, 9.17) is 20.4 Å². The van der Waals surface area contributed by atoms with Crippen molar-refractivity contribution in [2.45, 2.75) is 6.42 Å². The van der Waals surface area contributed by atoms with Crippen molar-refractivity contribution in [1.82, 2.24) is 9.80 Å². The van der Waals surface area contributed by atoms with Crippen molar-refractivity contribution in [2.24, 2.45) is 0 Å². The second kappa shape index (κ2) is 9.66. The van der Waals surface area contributed by atoms with Gasteiger partial charge in [-0.1, -0.05) is 0 Å². The van der Waals surface area contributed by atoms with Crippen LogP contribution in [-0.2, 0) is 19.2 Å². The van der Waals surface area contributed by atoms with Gasteiger partial charge >= 0.3 is 23.9 Å². The molecule has 0 aliphatic rings. The number of carboxylic acid groups (broad SMARTS) is 4. The van der Waals surface area contributed by atoms with Crippen LogP contribution in [0.4, 0.5) is 0 Å². The monoisotopic (exact) mass is 306 g/mol. The van der Waals surface area contributed by atoms with E-state index in [-0.39, 0.29) is 26.1 Å². The Morgan fingerprint density at radius 3 is 1.33 bits per heavy atom. The summed E-state index contributed by atoms with van der Waals surface area (Å²) in [6.45, 7) is -1.35. The molecule has 0 atom stereocenters.